The Morgan fingerprint density at radius 2 is 0.510 bits per heavy atom. The molecule has 0 saturated heterocycles. The summed E-state index contributed by atoms with van der Waals surface area (Å²) in [5.41, 5.74) is 0. The Morgan fingerprint density at radius 1 is 0.292 bits per heavy atom. The highest BCUT2D eigenvalue weighted by Crippen LogP contribution is 2.45. The molecule has 0 aliphatic rings. The van der Waals surface area contributed by atoms with E-state index in [1.54, 1.807) is 0 Å². The number of carbonyl (C=O) groups is 4. The predicted molar refractivity (Wildman–Crippen MR) is 391 cm³/mol. The number of carbonyl (C=O) groups excluding carboxylic acids is 4. The number of ether oxygens (including phenoxy) is 4. The summed E-state index contributed by atoms with van der Waals surface area (Å²) in [4.78, 5) is 72.8. The van der Waals surface area contributed by atoms with E-state index in [2.05, 4.69) is 52.0 Å². The molecule has 17 nitrogen and oxygen atoms in total. The van der Waals surface area contributed by atoms with Crippen molar-refractivity contribution in [1.29, 1.82) is 0 Å². The molecule has 96 heavy (non-hydrogen) atoms. The smallest absolute Gasteiger partial charge is 0.462 e. The lowest BCUT2D eigenvalue weighted by atomic mass is 10.0. The first-order valence-corrected chi connectivity index (χ1v) is 42.6. The van der Waals surface area contributed by atoms with Crippen molar-refractivity contribution in [1.82, 2.24) is 0 Å². The number of rotatable bonds is 76. The van der Waals surface area contributed by atoms with Gasteiger partial charge in [-0.1, -0.05) is 328 Å². The normalized spacial score (nSPS) is 14.0. The maximum atomic E-state index is 13.1. The third kappa shape index (κ3) is 70.0. The number of unbranched alkanes of at least 4 members (excludes halogenated alkanes) is 46. The van der Waals surface area contributed by atoms with Crippen molar-refractivity contribution < 1.29 is 80.2 Å². The van der Waals surface area contributed by atoms with Crippen LogP contribution in [0.3, 0.4) is 0 Å². The Bertz CT molecular complexity index is 1920. The van der Waals surface area contributed by atoms with Crippen LogP contribution in [0.5, 0.6) is 0 Å². The van der Waals surface area contributed by atoms with Gasteiger partial charge in [-0.3, -0.25) is 37.3 Å². The number of hydrogen-bond acceptors (Lipinski definition) is 15. The number of aliphatic hydroxyl groups excluding tert-OH is 1. The molecule has 0 aliphatic heterocycles. The van der Waals surface area contributed by atoms with Crippen LogP contribution in [0.4, 0.5) is 0 Å². The molecule has 5 unspecified atom stereocenters. The molecule has 0 radical (unpaired) electrons. The van der Waals surface area contributed by atoms with E-state index in [0.29, 0.717) is 25.7 Å². The SMILES string of the molecule is CCCCC/C=C\C/C=C\CCCCCCCC(=O)OCC(COP(=O)(O)OCC(O)COP(=O)(O)OCC(COC(=O)CCCCCCCCCCCCCCCCC)OC(=O)CCCCCCCCCCCCC)OC(=O)CCCCCCCCCCCCCCCCC. The highest BCUT2D eigenvalue weighted by atomic mass is 31.2. The average Bonchev–Trinajstić information content (AvgIpc) is 1.09. The second-order valence-electron chi connectivity index (χ2n) is 27.0. The Kier molecular flexibility index (Phi) is 69.1. The minimum atomic E-state index is -4.96. The van der Waals surface area contributed by atoms with Gasteiger partial charge in [0.25, 0.3) is 0 Å². The van der Waals surface area contributed by atoms with E-state index in [0.717, 1.165) is 116 Å². The summed E-state index contributed by atoms with van der Waals surface area (Å²) in [5.74, 6) is -2.14. The molecule has 0 rings (SSSR count). The first-order chi connectivity index (χ1) is 46.7. The Hall–Kier alpha value is -2.46. The van der Waals surface area contributed by atoms with Gasteiger partial charge in [0.05, 0.1) is 26.4 Å². The molecule has 0 fully saturated rings. The Balaban J connectivity index is 5.27. The number of phosphoric acid groups is 2. The Labute approximate surface area is 586 Å². The van der Waals surface area contributed by atoms with E-state index >= 15 is 0 Å². The summed E-state index contributed by atoms with van der Waals surface area (Å²) in [7, 11) is -9.92. The molecule has 0 aromatic rings. The molecule has 0 aromatic carbocycles. The zero-order valence-corrected chi connectivity index (χ0v) is 63.6. The number of allylic oxidation sites excluding steroid dienone is 4. The van der Waals surface area contributed by atoms with Gasteiger partial charge >= 0.3 is 39.5 Å². The van der Waals surface area contributed by atoms with Crippen LogP contribution >= 0.6 is 15.6 Å². The third-order valence-corrected chi connectivity index (χ3v) is 19.4. The Morgan fingerprint density at radius 3 is 0.792 bits per heavy atom. The molecule has 0 aromatic heterocycles. The lowest BCUT2D eigenvalue weighted by Crippen LogP contribution is -2.30. The zero-order chi connectivity index (χ0) is 70.4. The molecule has 5 atom stereocenters. The lowest BCUT2D eigenvalue weighted by Gasteiger charge is -2.21. The van der Waals surface area contributed by atoms with Gasteiger partial charge in [-0.15, -0.1) is 0 Å². The highest BCUT2D eigenvalue weighted by Gasteiger charge is 2.30. The van der Waals surface area contributed by atoms with E-state index in [1.807, 2.05) is 0 Å². The van der Waals surface area contributed by atoms with Crippen molar-refractivity contribution in [2.45, 2.75) is 406 Å². The maximum Gasteiger partial charge on any atom is 0.472 e. The van der Waals surface area contributed by atoms with Gasteiger partial charge in [0.15, 0.2) is 12.2 Å². The molecular formula is C77H146O17P2. The largest absolute Gasteiger partial charge is 0.472 e. The van der Waals surface area contributed by atoms with E-state index in [-0.39, 0.29) is 25.7 Å². The van der Waals surface area contributed by atoms with E-state index < -0.39 is 97.5 Å². The molecule has 3 N–H and O–H groups in total. The van der Waals surface area contributed by atoms with Crippen molar-refractivity contribution in [2.24, 2.45) is 0 Å². The summed E-state index contributed by atoms with van der Waals surface area (Å²) < 4.78 is 68.5. The second kappa shape index (κ2) is 71.0. The van der Waals surface area contributed by atoms with E-state index in [4.69, 9.17) is 37.0 Å². The number of aliphatic hydroxyl groups is 1. The van der Waals surface area contributed by atoms with Gasteiger partial charge in [-0.25, -0.2) is 9.13 Å². The van der Waals surface area contributed by atoms with Crippen molar-refractivity contribution in [2.75, 3.05) is 39.6 Å². The van der Waals surface area contributed by atoms with Gasteiger partial charge < -0.3 is 33.8 Å². The van der Waals surface area contributed by atoms with Crippen LogP contribution in [0.1, 0.15) is 387 Å². The molecule has 0 saturated carbocycles. The number of esters is 4. The van der Waals surface area contributed by atoms with Crippen molar-refractivity contribution >= 4 is 39.5 Å². The van der Waals surface area contributed by atoms with Gasteiger partial charge in [0, 0.05) is 25.7 Å². The zero-order valence-electron chi connectivity index (χ0n) is 61.8. The molecule has 0 bridgehead atoms. The van der Waals surface area contributed by atoms with Crippen LogP contribution in [0.25, 0.3) is 0 Å². The standard InChI is InChI=1S/C77H146O17P2/c1-5-9-13-17-21-25-29-32-35-38-42-45-49-53-57-61-74(79)87-67-72(93-76(81)63-59-55-51-47-41-28-24-20-16-12-8-4)69-91-95(83,84)89-65-71(78)66-90-96(85,86)92-70-73(94-77(82)64-60-56-52-48-44-40-37-34-31-27-23-19-15-11-7-3)68-88-75(80)62-58-54-50-46-43-39-36-33-30-26-22-18-14-10-6-2/h22,26,33,36,71-73,78H,5-21,23-25,27-32,34-35,37-70H2,1-4H3,(H,83,84)(H,85,86)/b26-22-,36-33-. The van der Waals surface area contributed by atoms with Crippen LogP contribution in [0.15, 0.2) is 24.3 Å². The maximum absolute atomic E-state index is 13.1. The molecule has 566 valence electrons. The summed E-state index contributed by atoms with van der Waals surface area (Å²) in [6.07, 6.45) is 64.4. The van der Waals surface area contributed by atoms with Crippen LogP contribution in [-0.2, 0) is 65.4 Å². The molecule has 0 spiro atoms. The summed E-state index contributed by atoms with van der Waals surface area (Å²) in [6.45, 7) is 4.93. The van der Waals surface area contributed by atoms with Crippen LogP contribution in [0.2, 0.25) is 0 Å². The van der Waals surface area contributed by atoms with Crippen LogP contribution in [-0.4, -0.2) is 96.7 Å². The van der Waals surface area contributed by atoms with Crippen LogP contribution < -0.4 is 0 Å². The summed E-state index contributed by atoms with van der Waals surface area (Å²) in [5, 5.41) is 10.6. The summed E-state index contributed by atoms with van der Waals surface area (Å²) >= 11 is 0. The van der Waals surface area contributed by atoms with Crippen molar-refractivity contribution in [3.8, 4) is 0 Å². The predicted octanol–water partition coefficient (Wildman–Crippen LogP) is 22.6. The lowest BCUT2D eigenvalue weighted by molar-refractivity contribution is -0.161. The topological polar surface area (TPSA) is 237 Å². The second-order valence-corrected chi connectivity index (χ2v) is 29.9. The quantitative estimate of drug-likeness (QED) is 0.0169. The molecule has 0 aliphatic carbocycles. The van der Waals surface area contributed by atoms with E-state index in [1.165, 1.54) is 193 Å². The third-order valence-electron chi connectivity index (χ3n) is 17.4. The molecule has 0 heterocycles. The monoisotopic (exact) mass is 1410 g/mol. The molecular weight excluding hydrogens is 1260 g/mol. The first kappa shape index (κ1) is 93.5. The van der Waals surface area contributed by atoms with Crippen molar-refractivity contribution in [3.63, 3.8) is 0 Å². The molecule has 0 amide bonds. The minimum Gasteiger partial charge on any atom is -0.462 e. The van der Waals surface area contributed by atoms with Crippen molar-refractivity contribution in [3.05, 3.63) is 24.3 Å². The van der Waals surface area contributed by atoms with Gasteiger partial charge in [-0.05, 0) is 57.8 Å². The van der Waals surface area contributed by atoms with Gasteiger partial charge in [-0.2, -0.15) is 0 Å². The average molecular weight is 1410 g/mol. The highest BCUT2D eigenvalue weighted by molar-refractivity contribution is 7.47. The fraction of sp³-hybridized carbons (Fsp3) is 0.896. The van der Waals surface area contributed by atoms with Gasteiger partial charge in [0.2, 0.25) is 0 Å². The van der Waals surface area contributed by atoms with E-state index in [9.17, 15) is 43.2 Å². The number of hydrogen-bond donors (Lipinski definition) is 3. The fourth-order valence-corrected chi connectivity index (χ4v) is 13.0. The minimum absolute atomic E-state index is 0.102. The first-order valence-electron chi connectivity index (χ1n) is 39.6. The number of phosphoric ester groups is 2. The molecule has 19 heteroatoms. The van der Waals surface area contributed by atoms with Gasteiger partial charge in [0.1, 0.15) is 19.3 Å². The fourth-order valence-electron chi connectivity index (χ4n) is 11.4. The summed E-state index contributed by atoms with van der Waals surface area (Å²) in [6, 6.07) is 0. The van der Waals surface area contributed by atoms with Crippen LogP contribution in [0, 0.1) is 0 Å².